The zero-order valence-electron chi connectivity index (χ0n) is 13.1. The second-order valence-corrected chi connectivity index (χ2v) is 5.79. The first-order valence-electron chi connectivity index (χ1n) is 7.34. The number of nitrogens with zero attached hydrogens (tertiary/aromatic N) is 2. The summed E-state index contributed by atoms with van der Waals surface area (Å²) in [5.41, 5.74) is 1.32. The zero-order valence-corrected chi connectivity index (χ0v) is 13.1. The van der Waals surface area contributed by atoms with E-state index in [0.717, 1.165) is 18.8 Å². The lowest BCUT2D eigenvalue weighted by Crippen LogP contribution is -2.35. The summed E-state index contributed by atoms with van der Waals surface area (Å²) in [5, 5.41) is 3.38. The standard InChI is InChI=1S/C16H27N3O/c1-17-14-8-9-19(11-14)12-16(18(2)3)13-6-5-7-15(10-13)20-4/h5-7,10,14,16-17H,8-9,11-12H2,1-4H3. The summed E-state index contributed by atoms with van der Waals surface area (Å²) in [7, 11) is 8.08. The first kappa shape index (κ1) is 15.3. The Bertz CT molecular complexity index is 422. The van der Waals surface area contributed by atoms with E-state index in [2.05, 4.69) is 54.5 Å². The topological polar surface area (TPSA) is 27.7 Å². The van der Waals surface area contributed by atoms with E-state index in [1.807, 2.05) is 6.07 Å². The SMILES string of the molecule is CNC1CCN(CC(c2cccc(OC)c2)N(C)C)C1. The minimum absolute atomic E-state index is 0.403. The molecular weight excluding hydrogens is 250 g/mol. The second-order valence-electron chi connectivity index (χ2n) is 5.79. The molecule has 112 valence electrons. The number of benzene rings is 1. The van der Waals surface area contributed by atoms with Gasteiger partial charge < -0.3 is 15.0 Å². The molecular formula is C16H27N3O. The van der Waals surface area contributed by atoms with Crippen LogP contribution in [0.25, 0.3) is 0 Å². The minimum Gasteiger partial charge on any atom is -0.497 e. The molecule has 0 aromatic heterocycles. The van der Waals surface area contributed by atoms with Crippen molar-refractivity contribution >= 4 is 0 Å². The summed E-state index contributed by atoms with van der Waals surface area (Å²) >= 11 is 0. The molecule has 2 atom stereocenters. The van der Waals surface area contributed by atoms with E-state index in [0.29, 0.717) is 12.1 Å². The molecule has 1 aliphatic heterocycles. The lowest BCUT2D eigenvalue weighted by atomic mass is 10.1. The van der Waals surface area contributed by atoms with E-state index in [9.17, 15) is 0 Å². The lowest BCUT2D eigenvalue weighted by molar-refractivity contribution is 0.206. The Kier molecular flexibility index (Phi) is 5.40. The van der Waals surface area contributed by atoms with Crippen molar-refractivity contribution in [2.45, 2.75) is 18.5 Å². The Morgan fingerprint density at radius 3 is 2.85 bits per heavy atom. The van der Waals surface area contributed by atoms with Crippen LogP contribution in [0.4, 0.5) is 0 Å². The molecule has 4 heteroatoms. The van der Waals surface area contributed by atoms with Gasteiger partial charge in [-0.2, -0.15) is 0 Å². The van der Waals surface area contributed by atoms with Gasteiger partial charge >= 0.3 is 0 Å². The Balaban J connectivity index is 2.07. The van der Waals surface area contributed by atoms with Crippen LogP contribution in [0.15, 0.2) is 24.3 Å². The van der Waals surface area contributed by atoms with Gasteiger partial charge in [0.15, 0.2) is 0 Å². The highest BCUT2D eigenvalue weighted by atomic mass is 16.5. The molecule has 1 fully saturated rings. The summed E-state index contributed by atoms with van der Waals surface area (Å²) in [6, 6.07) is 9.47. The number of hydrogen-bond donors (Lipinski definition) is 1. The fraction of sp³-hybridized carbons (Fsp3) is 0.625. The van der Waals surface area contributed by atoms with Crippen molar-refractivity contribution < 1.29 is 4.74 Å². The van der Waals surface area contributed by atoms with Gasteiger partial charge in [-0.25, -0.2) is 0 Å². The van der Waals surface area contributed by atoms with E-state index >= 15 is 0 Å². The average molecular weight is 277 g/mol. The molecule has 1 aromatic carbocycles. The molecule has 4 nitrogen and oxygen atoms in total. The molecule has 1 N–H and O–H groups in total. The van der Waals surface area contributed by atoms with Crippen molar-refractivity contribution in [3.63, 3.8) is 0 Å². The molecule has 20 heavy (non-hydrogen) atoms. The highest BCUT2D eigenvalue weighted by Crippen LogP contribution is 2.25. The van der Waals surface area contributed by atoms with E-state index in [1.54, 1.807) is 7.11 Å². The monoisotopic (exact) mass is 277 g/mol. The van der Waals surface area contributed by atoms with E-state index in [1.165, 1.54) is 18.5 Å². The number of hydrogen-bond acceptors (Lipinski definition) is 4. The predicted octanol–water partition coefficient (Wildman–Crippen LogP) is 1.59. The van der Waals surface area contributed by atoms with Crippen LogP contribution in [0.5, 0.6) is 5.75 Å². The van der Waals surface area contributed by atoms with Crippen LogP contribution in [0.1, 0.15) is 18.0 Å². The minimum atomic E-state index is 0.403. The van der Waals surface area contributed by atoms with Crippen LogP contribution < -0.4 is 10.1 Å². The van der Waals surface area contributed by atoms with Gasteiger partial charge in [0.25, 0.3) is 0 Å². The molecule has 0 amide bonds. The van der Waals surface area contributed by atoms with Crippen molar-refractivity contribution in [3.8, 4) is 5.75 Å². The van der Waals surface area contributed by atoms with E-state index < -0.39 is 0 Å². The van der Waals surface area contributed by atoms with Gasteiger partial charge in [-0.1, -0.05) is 12.1 Å². The van der Waals surface area contributed by atoms with Gasteiger partial charge in [-0.15, -0.1) is 0 Å². The highest BCUT2D eigenvalue weighted by Gasteiger charge is 2.25. The van der Waals surface area contributed by atoms with Gasteiger partial charge in [-0.05, 0) is 51.8 Å². The molecule has 0 radical (unpaired) electrons. The predicted molar refractivity (Wildman–Crippen MR) is 83.3 cm³/mol. The van der Waals surface area contributed by atoms with Gasteiger partial charge in [0.2, 0.25) is 0 Å². The second kappa shape index (κ2) is 7.07. The number of nitrogens with one attached hydrogen (secondary N) is 1. The first-order chi connectivity index (χ1) is 9.63. The third kappa shape index (κ3) is 3.72. The van der Waals surface area contributed by atoms with Gasteiger partial charge in [0.1, 0.15) is 5.75 Å². The van der Waals surface area contributed by atoms with Crippen LogP contribution in [-0.2, 0) is 0 Å². The molecule has 0 aliphatic carbocycles. The summed E-state index contributed by atoms with van der Waals surface area (Å²) in [5.74, 6) is 0.934. The number of methoxy groups -OCH3 is 1. The molecule has 1 saturated heterocycles. The number of likely N-dealkylation sites (N-methyl/N-ethyl adjacent to an activating group) is 2. The van der Waals surface area contributed by atoms with Crippen molar-refractivity contribution in [1.82, 2.24) is 15.1 Å². The van der Waals surface area contributed by atoms with Crippen LogP contribution in [-0.4, -0.2) is 63.7 Å². The summed E-state index contributed by atoms with van der Waals surface area (Å²) in [4.78, 5) is 4.84. The van der Waals surface area contributed by atoms with Gasteiger partial charge in [-0.3, -0.25) is 4.90 Å². The quantitative estimate of drug-likeness (QED) is 0.854. The maximum absolute atomic E-state index is 5.35. The first-order valence-corrected chi connectivity index (χ1v) is 7.34. The normalized spacial score (nSPS) is 21.4. The van der Waals surface area contributed by atoms with E-state index in [-0.39, 0.29) is 0 Å². The van der Waals surface area contributed by atoms with Crippen molar-refractivity contribution in [2.24, 2.45) is 0 Å². The van der Waals surface area contributed by atoms with Gasteiger partial charge in [0, 0.05) is 25.2 Å². The zero-order chi connectivity index (χ0) is 14.5. The smallest absolute Gasteiger partial charge is 0.119 e. The molecule has 1 heterocycles. The molecule has 2 unspecified atom stereocenters. The van der Waals surface area contributed by atoms with Crippen LogP contribution in [0, 0.1) is 0 Å². The summed E-state index contributed by atoms with van der Waals surface area (Å²) in [6.45, 7) is 3.39. The Morgan fingerprint density at radius 2 is 2.25 bits per heavy atom. The third-order valence-corrected chi connectivity index (χ3v) is 4.21. The van der Waals surface area contributed by atoms with E-state index in [4.69, 9.17) is 4.74 Å². The largest absolute Gasteiger partial charge is 0.497 e. The average Bonchev–Trinajstić information content (AvgIpc) is 2.92. The van der Waals surface area contributed by atoms with Crippen LogP contribution >= 0.6 is 0 Å². The van der Waals surface area contributed by atoms with Crippen molar-refractivity contribution in [2.75, 3.05) is 47.9 Å². The van der Waals surface area contributed by atoms with Crippen molar-refractivity contribution in [1.29, 1.82) is 0 Å². The Morgan fingerprint density at radius 1 is 1.45 bits per heavy atom. The third-order valence-electron chi connectivity index (χ3n) is 4.21. The van der Waals surface area contributed by atoms with Crippen LogP contribution in [0.3, 0.4) is 0 Å². The summed E-state index contributed by atoms with van der Waals surface area (Å²) < 4.78 is 5.35. The molecule has 1 aliphatic rings. The lowest BCUT2D eigenvalue weighted by Gasteiger charge is -2.29. The fourth-order valence-electron chi connectivity index (χ4n) is 2.89. The van der Waals surface area contributed by atoms with Crippen LogP contribution in [0.2, 0.25) is 0 Å². The molecule has 0 saturated carbocycles. The molecule has 0 spiro atoms. The van der Waals surface area contributed by atoms with Crippen molar-refractivity contribution in [3.05, 3.63) is 29.8 Å². The van der Waals surface area contributed by atoms with Gasteiger partial charge in [0.05, 0.1) is 7.11 Å². The highest BCUT2D eigenvalue weighted by molar-refractivity contribution is 5.30. The number of likely N-dealkylation sites (tertiary alicyclic amines) is 1. The molecule has 0 bridgehead atoms. The Hall–Kier alpha value is -1.10. The summed E-state index contributed by atoms with van der Waals surface area (Å²) in [6.07, 6.45) is 1.24. The molecule has 1 aromatic rings. The number of ether oxygens (including phenoxy) is 1. The Labute approximate surface area is 122 Å². The number of rotatable bonds is 6. The maximum Gasteiger partial charge on any atom is 0.119 e. The fourth-order valence-corrected chi connectivity index (χ4v) is 2.89. The molecule has 2 rings (SSSR count). The maximum atomic E-state index is 5.35.